The lowest BCUT2D eigenvalue weighted by atomic mass is 10.1. The van der Waals surface area contributed by atoms with Gasteiger partial charge in [-0.3, -0.25) is 4.99 Å². The maximum atomic E-state index is 5.92. The summed E-state index contributed by atoms with van der Waals surface area (Å²) in [5.74, 6) is 1.84. The SMILES string of the molecule is Br.Br.COc1ccc(CCN=C(N)SCCCc2cnc[nH]2)cc1. The second kappa shape index (κ2) is 13.3. The number of aliphatic imine (C=N–C) groups is 1. The largest absolute Gasteiger partial charge is 0.497 e. The molecule has 0 fully saturated rings. The first kappa shape index (κ1) is 23.0. The molecule has 0 saturated carbocycles. The Bertz CT molecular complexity index is 576. The number of H-pyrrole nitrogens is 1. The highest BCUT2D eigenvalue weighted by molar-refractivity contribution is 8.93. The number of halogens is 2. The molecule has 1 aromatic heterocycles. The zero-order chi connectivity index (χ0) is 15.6. The van der Waals surface area contributed by atoms with E-state index in [0.717, 1.165) is 36.5 Å². The molecule has 3 N–H and O–H groups in total. The highest BCUT2D eigenvalue weighted by atomic mass is 79.9. The van der Waals surface area contributed by atoms with Crippen molar-refractivity contribution in [2.45, 2.75) is 19.3 Å². The molecule has 5 nitrogen and oxygen atoms in total. The molecule has 2 aromatic rings. The number of nitrogens with zero attached hydrogens (tertiary/aromatic N) is 2. The number of nitrogens with one attached hydrogen (secondary N) is 1. The standard InChI is InChI=1S/C16H22N4OS.2BrH/c1-21-15-6-4-13(5-7-15)8-9-19-16(17)22-10-2-3-14-11-18-12-20-14;;/h4-7,11-12H,2-3,8-10H2,1H3,(H2,17,19)(H,18,20);2*1H. The van der Waals surface area contributed by atoms with Crippen LogP contribution in [0.4, 0.5) is 0 Å². The average molecular weight is 480 g/mol. The normalized spacial score (nSPS) is 10.6. The van der Waals surface area contributed by atoms with E-state index in [1.165, 1.54) is 5.56 Å². The van der Waals surface area contributed by atoms with E-state index in [9.17, 15) is 0 Å². The molecule has 0 saturated heterocycles. The lowest BCUT2D eigenvalue weighted by Crippen LogP contribution is -2.09. The van der Waals surface area contributed by atoms with Crippen LogP contribution in [0.25, 0.3) is 0 Å². The molecule has 0 unspecified atom stereocenters. The zero-order valence-electron chi connectivity index (χ0n) is 13.6. The summed E-state index contributed by atoms with van der Waals surface area (Å²) in [5.41, 5.74) is 8.32. The first-order chi connectivity index (χ1) is 10.8. The van der Waals surface area contributed by atoms with Crippen molar-refractivity contribution in [2.24, 2.45) is 10.7 Å². The van der Waals surface area contributed by atoms with E-state index >= 15 is 0 Å². The topological polar surface area (TPSA) is 76.3 Å². The van der Waals surface area contributed by atoms with E-state index in [1.807, 2.05) is 18.3 Å². The lowest BCUT2D eigenvalue weighted by molar-refractivity contribution is 0.414. The summed E-state index contributed by atoms with van der Waals surface area (Å²) < 4.78 is 5.14. The van der Waals surface area contributed by atoms with Gasteiger partial charge in [0, 0.05) is 24.2 Å². The van der Waals surface area contributed by atoms with Crippen LogP contribution in [0.2, 0.25) is 0 Å². The molecule has 0 aliphatic rings. The first-order valence-electron chi connectivity index (χ1n) is 7.31. The number of aryl methyl sites for hydroxylation is 1. The highest BCUT2D eigenvalue weighted by Crippen LogP contribution is 2.12. The van der Waals surface area contributed by atoms with Gasteiger partial charge in [0.05, 0.1) is 13.4 Å². The fourth-order valence-electron chi connectivity index (χ4n) is 1.99. The molecule has 0 aliphatic heterocycles. The monoisotopic (exact) mass is 478 g/mol. The van der Waals surface area contributed by atoms with Gasteiger partial charge in [-0.15, -0.1) is 34.0 Å². The second-order valence-electron chi connectivity index (χ2n) is 4.85. The summed E-state index contributed by atoms with van der Waals surface area (Å²) in [6.45, 7) is 0.714. The number of amidine groups is 1. The molecule has 8 heteroatoms. The van der Waals surface area contributed by atoms with E-state index in [0.29, 0.717) is 11.7 Å². The predicted molar refractivity (Wildman–Crippen MR) is 113 cm³/mol. The van der Waals surface area contributed by atoms with Crippen LogP contribution in [0.5, 0.6) is 5.75 Å². The van der Waals surface area contributed by atoms with E-state index in [1.54, 1.807) is 25.2 Å². The van der Waals surface area contributed by atoms with Crippen LogP contribution in [0.1, 0.15) is 17.7 Å². The summed E-state index contributed by atoms with van der Waals surface area (Å²) in [7, 11) is 1.67. The first-order valence-corrected chi connectivity index (χ1v) is 8.29. The number of ether oxygens (including phenoxy) is 1. The van der Waals surface area contributed by atoms with Crippen molar-refractivity contribution in [1.29, 1.82) is 0 Å². The number of rotatable bonds is 8. The predicted octanol–water partition coefficient (Wildman–Crippen LogP) is 3.80. The second-order valence-corrected chi connectivity index (χ2v) is 5.96. The minimum absolute atomic E-state index is 0. The Kier molecular flexibility index (Phi) is 12.8. The number of imidazole rings is 1. The third-order valence-electron chi connectivity index (χ3n) is 3.22. The van der Waals surface area contributed by atoms with Crippen molar-refractivity contribution < 1.29 is 4.74 Å². The van der Waals surface area contributed by atoms with Crippen LogP contribution in [0.3, 0.4) is 0 Å². The van der Waals surface area contributed by atoms with Gasteiger partial charge in [0.2, 0.25) is 0 Å². The summed E-state index contributed by atoms with van der Waals surface area (Å²) in [6, 6.07) is 8.05. The average Bonchev–Trinajstić information content (AvgIpc) is 3.06. The molecule has 0 spiro atoms. The Morgan fingerprint density at radius 2 is 2.00 bits per heavy atom. The molecule has 0 amide bonds. The van der Waals surface area contributed by atoms with Gasteiger partial charge in [0.1, 0.15) is 5.75 Å². The van der Waals surface area contributed by atoms with Crippen LogP contribution >= 0.6 is 45.7 Å². The van der Waals surface area contributed by atoms with E-state index in [-0.39, 0.29) is 34.0 Å². The van der Waals surface area contributed by atoms with Gasteiger partial charge in [0.15, 0.2) is 5.17 Å². The van der Waals surface area contributed by atoms with Crippen molar-refractivity contribution in [3.05, 3.63) is 48.0 Å². The van der Waals surface area contributed by atoms with Crippen molar-refractivity contribution in [2.75, 3.05) is 19.4 Å². The number of aromatic nitrogens is 2. The molecule has 0 radical (unpaired) electrons. The molecule has 134 valence electrons. The lowest BCUT2D eigenvalue weighted by Gasteiger charge is -2.03. The molecule has 1 aromatic carbocycles. The van der Waals surface area contributed by atoms with Crippen molar-refractivity contribution >= 4 is 50.9 Å². The van der Waals surface area contributed by atoms with E-state index in [2.05, 4.69) is 27.1 Å². The number of benzene rings is 1. The third kappa shape index (κ3) is 8.75. The van der Waals surface area contributed by atoms with Crippen LogP contribution in [0, 0.1) is 0 Å². The van der Waals surface area contributed by atoms with Crippen LogP contribution in [-0.4, -0.2) is 34.5 Å². The fraction of sp³-hybridized carbons (Fsp3) is 0.375. The summed E-state index contributed by atoms with van der Waals surface area (Å²) >= 11 is 1.61. The molecular formula is C16H24Br2N4OS. The summed E-state index contributed by atoms with van der Waals surface area (Å²) in [6.07, 6.45) is 6.50. The molecule has 24 heavy (non-hydrogen) atoms. The molecule has 0 atom stereocenters. The smallest absolute Gasteiger partial charge is 0.153 e. The maximum absolute atomic E-state index is 5.92. The van der Waals surface area contributed by atoms with Gasteiger partial charge in [-0.25, -0.2) is 4.98 Å². The van der Waals surface area contributed by atoms with Crippen molar-refractivity contribution in [3.8, 4) is 5.75 Å². The Balaban J connectivity index is 0.00000264. The zero-order valence-corrected chi connectivity index (χ0v) is 17.8. The van der Waals surface area contributed by atoms with Gasteiger partial charge in [0.25, 0.3) is 0 Å². The highest BCUT2D eigenvalue weighted by Gasteiger charge is 1.98. The number of hydrogen-bond acceptors (Lipinski definition) is 4. The Labute approximate surface area is 168 Å². The third-order valence-corrected chi connectivity index (χ3v) is 4.14. The van der Waals surface area contributed by atoms with E-state index < -0.39 is 0 Å². The number of hydrogen-bond donors (Lipinski definition) is 2. The molecule has 2 rings (SSSR count). The van der Waals surface area contributed by atoms with Gasteiger partial charge in [-0.05, 0) is 37.0 Å². The number of aromatic amines is 1. The molecule has 0 bridgehead atoms. The number of nitrogens with two attached hydrogens (primary N) is 1. The Hall–Kier alpha value is -0.990. The van der Waals surface area contributed by atoms with Crippen molar-refractivity contribution in [1.82, 2.24) is 9.97 Å². The van der Waals surface area contributed by atoms with Gasteiger partial charge < -0.3 is 15.5 Å². The van der Waals surface area contributed by atoms with Crippen LogP contribution in [-0.2, 0) is 12.8 Å². The van der Waals surface area contributed by atoms with Gasteiger partial charge in [-0.2, -0.15) is 0 Å². The minimum Gasteiger partial charge on any atom is -0.497 e. The minimum atomic E-state index is 0. The number of methoxy groups -OCH3 is 1. The van der Waals surface area contributed by atoms with E-state index in [4.69, 9.17) is 10.5 Å². The summed E-state index contributed by atoms with van der Waals surface area (Å²) in [4.78, 5) is 11.5. The fourth-order valence-corrected chi connectivity index (χ4v) is 2.67. The quantitative estimate of drug-likeness (QED) is 0.343. The van der Waals surface area contributed by atoms with Gasteiger partial charge in [-0.1, -0.05) is 23.9 Å². The molecular weight excluding hydrogens is 456 g/mol. The molecule has 1 heterocycles. The Morgan fingerprint density at radius 1 is 1.25 bits per heavy atom. The van der Waals surface area contributed by atoms with Gasteiger partial charge >= 0.3 is 0 Å². The summed E-state index contributed by atoms with van der Waals surface area (Å²) in [5, 5.41) is 0.665. The molecule has 0 aliphatic carbocycles. The number of thioether (sulfide) groups is 1. The van der Waals surface area contributed by atoms with Crippen molar-refractivity contribution in [3.63, 3.8) is 0 Å². The van der Waals surface area contributed by atoms with Crippen LogP contribution < -0.4 is 10.5 Å². The van der Waals surface area contributed by atoms with Crippen LogP contribution in [0.15, 0.2) is 41.8 Å². The Morgan fingerprint density at radius 3 is 2.62 bits per heavy atom. The maximum Gasteiger partial charge on any atom is 0.153 e.